The highest BCUT2D eigenvalue weighted by atomic mass is 16.5. The first kappa shape index (κ1) is 33.4. The molecule has 6 nitrogen and oxygen atoms in total. The van der Waals surface area contributed by atoms with Crippen molar-refractivity contribution in [1.29, 1.82) is 0 Å². The fourth-order valence-electron chi connectivity index (χ4n) is 4.34. The van der Waals surface area contributed by atoms with E-state index in [1.165, 1.54) is 70.6 Å². The molecule has 0 saturated heterocycles. The summed E-state index contributed by atoms with van der Waals surface area (Å²) in [6.07, 6.45) is 23.7. The van der Waals surface area contributed by atoms with E-state index in [-0.39, 0.29) is 24.5 Å². The molecule has 1 amide bonds. The number of amides is 1. The van der Waals surface area contributed by atoms with E-state index in [1.807, 2.05) is 0 Å². The number of hydrogen-bond donors (Lipinski definition) is 2. The van der Waals surface area contributed by atoms with Gasteiger partial charge < -0.3 is 15.2 Å². The fourth-order valence-corrected chi connectivity index (χ4v) is 4.34. The second-order valence-corrected chi connectivity index (χ2v) is 10.0. The Morgan fingerprint density at radius 2 is 1.06 bits per heavy atom. The van der Waals surface area contributed by atoms with Crippen LogP contribution in [-0.4, -0.2) is 35.6 Å². The molecule has 6 heteroatoms. The molecule has 0 bridgehead atoms. The van der Waals surface area contributed by atoms with Crippen molar-refractivity contribution in [2.45, 2.75) is 161 Å². The summed E-state index contributed by atoms with van der Waals surface area (Å²) in [5.74, 6) is -1.27. The molecule has 206 valence electrons. The lowest BCUT2D eigenvalue weighted by Crippen LogP contribution is -2.28. The van der Waals surface area contributed by atoms with Crippen molar-refractivity contribution < 1.29 is 24.2 Å². The third-order valence-electron chi connectivity index (χ3n) is 6.53. The molecular formula is C29H55NO5. The van der Waals surface area contributed by atoms with Crippen molar-refractivity contribution in [1.82, 2.24) is 5.32 Å². The normalized spacial score (nSPS) is 11.8. The van der Waals surface area contributed by atoms with Gasteiger partial charge in [0.2, 0.25) is 5.91 Å². The largest absolute Gasteiger partial charge is 0.480 e. The zero-order chi connectivity index (χ0) is 26.0. The summed E-state index contributed by atoms with van der Waals surface area (Å²) in [6.45, 7) is 4.13. The van der Waals surface area contributed by atoms with Crippen molar-refractivity contribution in [3.8, 4) is 0 Å². The molecular weight excluding hydrogens is 442 g/mol. The summed E-state index contributed by atoms with van der Waals surface area (Å²) in [7, 11) is 0. The molecule has 0 aromatic rings. The van der Waals surface area contributed by atoms with Crippen molar-refractivity contribution in [2.24, 2.45) is 0 Å². The Kier molecular flexibility index (Phi) is 24.3. The summed E-state index contributed by atoms with van der Waals surface area (Å²) < 4.78 is 5.85. The van der Waals surface area contributed by atoms with Gasteiger partial charge in [-0.15, -0.1) is 0 Å². The van der Waals surface area contributed by atoms with E-state index in [4.69, 9.17) is 9.84 Å². The van der Waals surface area contributed by atoms with Crippen LogP contribution in [0.2, 0.25) is 0 Å². The molecule has 0 fully saturated rings. The van der Waals surface area contributed by atoms with Crippen LogP contribution < -0.4 is 5.32 Å². The number of hydrogen-bond acceptors (Lipinski definition) is 4. The number of nitrogens with one attached hydrogen (secondary N) is 1. The molecule has 0 aliphatic carbocycles. The van der Waals surface area contributed by atoms with Crippen LogP contribution >= 0.6 is 0 Å². The third-order valence-corrected chi connectivity index (χ3v) is 6.53. The maximum absolute atomic E-state index is 12.4. The molecule has 2 N–H and O–H groups in total. The molecule has 0 aliphatic heterocycles. The van der Waals surface area contributed by atoms with E-state index in [2.05, 4.69) is 19.2 Å². The van der Waals surface area contributed by atoms with Gasteiger partial charge in [-0.2, -0.15) is 0 Å². The molecule has 0 rings (SSSR count). The number of ether oxygens (including phenoxy) is 1. The van der Waals surface area contributed by atoms with Crippen molar-refractivity contribution >= 4 is 17.8 Å². The SMILES string of the molecule is CCCCCCCCCCCCC(=O)OC(CCCCCC)CCCCCCC(=O)NCC(=O)O. The van der Waals surface area contributed by atoms with Crippen molar-refractivity contribution in [2.75, 3.05) is 6.54 Å². The van der Waals surface area contributed by atoms with Crippen LogP contribution in [0.25, 0.3) is 0 Å². The topological polar surface area (TPSA) is 92.7 Å². The average Bonchev–Trinajstić information content (AvgIpc) is 2.83. The van der Waals surface area contributed by atoms with E-state index in [0.29, 0.717) is 12.8 Å². The minimum absolute atomic E-state index is 0.0151. The molecule has 0 spiro atoms. The molecule has 35 heavy (non-hydrogen) atoms. The van der Waals surface area contributed by atoms with Crippen LogP contribution in [-0.2, 0) is 19.1 Å². The van der Waals surface area contributed by atoms with Gasteiger partial charge in [-0.3, -0.25) is 14.4 Å². The molecule has 0 aliphatic rings. The number of aliphatic carboxylic acids is 1. The maximum atomic E-state index is 12.4. The summed E-state index contributed by atoms with van der Waals surface area (Å²) in [6, 6.07) is 0. The lowest BCUT2D eigenvalue weighted by Gasteiger charge is -2.18. The van der Waals surface area contributed by atoms with Crippen molar-refractivity contribution in [3.63, 3.8) is 0 Å². The molecule has 1 atom stereocenters. The molecule has 0 heterocycles. The number of unbranched alkanes of at least 4 members (excludes halogenated alkanes) is 15. The Balaban J connectivity index is 3.97. The van der Waals surface area contributed by atoms with Crippen LogP contribution in [0.15, 0.2) is 0 Å². The van der Waals surface area contributed by atoms with Gasteiger partial charge in [0.05, 0.1) is 0 Å². The van der Waals surface area contributed by atoms with Crippen LogP contribution in [0.4, 0.5) is 0 Å². The van der Waals surface area contributed by atoms with Gasteiger partial charge in [-0.25, -0.2) is 0 Å². The predicted octanol–water partition coefficient (Wildman–Crippen LogP) is 7.72. The number of carbonyl (C=O) groups is 3. The van der Waals surface area contributed by atoms with Crippen LogP contribution in [0.5, 0.6) is 0 Å². The first-order valence-corrected chi connectivity index (χ1v) is 14.7. The number of carboxylic acids is 1. The third kappa shape index (κ3) is 25.3. The molecule has 1 unspecified atom stereocenters. The lowest BCUT2D eigenvalue weighted by atomic mass is 10.0. The van der Waals surface area contributed by atoms with E-state index in [1.54, 1.807) is 0 Å². The van der Waals surface area contributed by atoms with Crippen molar-refractivity contribution in [3.05, 3.63) is 0 Å². The Labute approximate surface area is 215 Å². The number of esters is 1. The van der Waals surface area contributed by atoms with E-state index >= 15 is 0 Å². The highest BCUT2D eigenvalue weighted by Gasteiger charge is 2.14. The van der Waals surface area contributed by atoms with E-state index in [0.717, 1.165) is 57.8 Å². The monoisotopic (exact) mass is 497 g/mol. The smallest absolute Gasteiger partial charge is 0.322 e. The number of rotatable bonds is 26. The first-order chi connectivity index (χ1) is 17.0. The average molecular weight is 498 g/mol. The van der Waals surface area contributed by atoms with Gasteiger partial charge >= 0.3 is 11.9 Å². The highest BCUT2D eigenvalue weighted by Crippen LogP contribution is 2.18. The van der Waals surface area contributed by atoms with Gasteiger partial charge in [-0.1, -0.05) is 104 Å². The summed E-state index contributed by atoms with van der Waals surface area (Å²) >= 11 is 0. The predicted molar refractivity (Wildman–Crippen MR) is 143 cm³/mol. The zero-order valence-electron chi connectivity index (χ0n) is 22.9. The minimum Gasteiger partial charge on any atom is -0.480 e. The second-order valence-electron chi connectivity index (χ2n) is 10.0. The van der Waals surface area contributed by atoms with Gasteiger partial charge in [0, 0.05) is 12.8 Å². The zero-order valence-corrected chi connectivity index (χ0v) is 22.9. The molecule has 0 saturated carbocycles. The highest BCUT2D eigenvalue weighted by molar-refractivity contribution is 5.80. The Hall–Kier alpha value is -1.59. The number of carboxylic acid groups (broad SMARTS) is 1. The molecule has 0 radical (unpaired) electrons. The molecule has 0 aromatic carbocycles. The van der Waals surface area contributed by atoms with Gasteiger partial charge in [-0.05, 0) is 38.5 Å². The minimum atomic E-state index is -1.02. The first-order valence-electron chi connectivity index (χ1n) is 14.7. The summed E-state index contributed by atoms with van der Waals surface area (Å²) in [5.41, 5.74) is 0. The quantitative estimate of drug-likeness (QED) is 0.0942. The second kappa shape index (κ2) is 25.5. The fraction of sp³-hybridized carbons (Fsp3) is 0.897. The Bertz CT molecular complexity index is 523. The van der Waals surface area contributed by atoms with E-state index < -0.39 is 5.97 Å². The maximum Gasteiger partial charge on any atom is 0.322 e. The van der Waals surface area contributed by atoms with Gasteiger partial charge in [0.15, 0.2) is 0 Å². The van der Waals surface area contributed by atoms with Crippen LogP contribution in [0, 0.1) is 0 Å². The Morgan fingerprint density at radius 1 is 0.629 bits per heavy atom. The van der Waals surface area contributed by atoms with E-state index in [9.17, 15) is 14.4 Å². The molecule has 0 aromatic heterocycles. The van der Waals surface area contributed by atoms with Crippen LogP contribution in [0.1, 0.15) is 155 Å². The Morgan fingerprint density at radius 3 is 1.57 bits per heavy atom. The van der Waals surface area contributed by atoms with Gasteiger partial charge in [0.25, 0.3) is 0 Å². The summed E-state index contributed by atoms with van der Waals surface area (Å²) in [5, 5.41) is 11.0. The number of carbonyl (C=O) groups excluding carboxylic acids is 2. The summed E-state index contributed by atoms with van der Waals surface area (Å²) in [4.78, 5) is 34.4. The lowest BCUT2D eigenvalue weighted by molar-refractivity contribution is -0.150. The standard InChI is InChI=1S/C29H55NO5/c1-3-5-7-9-10-11-12-13-14-20-24-29(34)35-26(21-17-8-6-4-2)22-18-15-16-19-23-27(31)30-25-28(32)33/h26H,3-25H2,1-2H3,(H,30,31)(H,32,33). The van der Waals surface area contributed by atoms with Crippen LogP contribution in [0.3, 0.4) is 0 Å². The van der Waals surface area contributed by atoms with Gasteiger partial charge in [0.1, 0.15) is 12.6 Å².